The molecule has 0 fully saturated rings. The van der Waals surface area contributed by atoms with Gasteiger partial charge in [0.2, 0.25) is 0 Å². The van der Waals surface area contributed by atoms with Gasteiger partial charge in [0.25, 0.3) is 0 Å². The molecule has 4 aromatic rings. The fourth-order valence-electron chi connectivity index (χ4n) is 4.08. The second-order valence-electron chi connectivity index (χ2n) is 8.41. The summed E-state index contributed by atoms with van der Waals surface area (Å²) in [5, 5.41) is 0. The van der Waals surface area contributed by atoms with Crippen LogP contribution in [0.4, 0.5) is 0 Å². The summed E-state index contributed by atoms with van der Waals surface area (Å²) in [6, 6.07) is 44.4. The summed E-state index contributed by atoms with van der Waals surface area (Å²) in [7, 11) is 9.25. The van der Waals surface area contributed by atoms with Gasteiger partial charge in [-0.05, 0) is 59.2 Å². The van der Waals surface area contributed by atoms with Gasteiger partial charge in [0, 0.05) is 0 Å². The number of benzene rings is 4. The average molecular weight is 584 g/mol. The van der Waals surface area contributed by atoms with Gasteiger partial charge >= 0.3 is 33.0 Å². The van der Waals surface area contributed by atoms with Crippen LogP contribution >= 0.6 is 36.2 Å². The first kappa shape index (κ1) is 28.4. The van der Waals surface area contributed by atoms with Crippen molar-refractivity contribution in [1.29, 1.82) is 0 Å². The predicted octanol–water partition coefficient (Wildman–Crippen LogP) is 10.1. The van der Waals surface area contributed by atoms with Gasteiger partial charge in [-0.15, -0.1) is 0 Å². The Bertz CT molecular complexity index is 881. The van der Waals surface area contributed by atoms with Crippen LogP contribution in [-0.4, -0.2) is 12.3 Å². The van der Waals surface area contributed by atoms with E-state index < -0.39 is 0 Å². The van der Waals surface area contributed by atoms with E-state index in [1.807, 2.05) is 0 Å². The molecule has 0 spiro atoms. The number of hydrogen-bond donors (Lipinski definition) is 0. The van der Waals surface area contributed by atoms with Crippen LogP contribution in [0.25, 0.3) is 0 Å². The summed E-state index contributed by atoms with van der Waals surface area (Å²) in [6.45, 7) is 0. The van der Waals surface area contributed by atoms with Crippen LogP contribution in [0.1, 0.15) is 22.3 Å². The molecule has 0 bridgehead atoms. The van der Waals surface area contributed by atoms with E-state index in [0.29, 0.717) is 12.7 Å². The van der Waals surface area contributed by atoms with E-state index >= 15 is 0 Å². The molecule has 0 saturated carbocycles. The van der Waals surface area contributed by atoms with Crippen molar-refractivity contribution in [3.63, 3.8) is 0 Å². The molecule has 0 aliphatic rings. The van der Waals surface area contributed by atoms with Gasteiger partial charge in [0.15, 0.2) is 0 Å². The minimum atomic E-state index is -0.0788. The molecule has 0 nitrogen and oxygen atoms in total. The number of halogens is 2. The van der Waals surface area contributed by atoms with Crippen LogP contribution in [-0.2, 0) is 37.3 Å². The van der Waals surface area contributed by atoms with Gasteiger partial charge in [-0.3, -0.25) is 0 Å². The predicted molar refractivity (Wildman–Crippen MR) is 156 cm³/mol. The topological polar surface area (TPSA) is 0 Å². The molecule has 35 heavy (non-hydrogen) atoms. The second-order valence-corrected chi connectivity index (χ2v) is 14.9. The third kappa shape index (κ3) is 11.6. The zero-order valence-electron chi connectivity index (χ0n) is 19.8. The first-order valence-electron chi connectivity index (χ1n) is 11.7. The van der Waals surface area contributed by atoms with Crippen LogP contribution in [0.2, 0.25) is 0 Å². The van der Waals surface area contributed by atoms with E-state index in [2.05, 4.69) is 121 Å². The molecule has 186 valence electrons. The SMILES string of the molecule is [Cl][Ni][Cl].c1ccc(CP(CCP(Cc2ccccc2)Cc2ccccc2)Cc2ccccc2)cc1. The quantitative estimate of drug-likeness (QED) is 0.122. The molecule has 5 heteroatoms. The zero-order valence-corrected chi connectivity index (χ0v) is 24.0. The molecule has 0 aliphatic carbocycles. The van der Waals surface area contributed by atoms with Crippen LogP contribution in [0.15, 0.2) is 121 Å². The van der Waals surface area contributed by atoms with E-state index in [1.54, 1.807) is 0 Å². The molecule has 0 aliphatic heterocycles. The second kappa shape index (κ2) is 17.3. The third-order valence-electron chi connectivity index (χ3n) is 5.73. The monoisotopic (exact) mass is 582 g/mol. The van der Waals surface area contributed by atoms with Crippen molar-refractivity contribution in [2.45, 2.75) is 24.6 Å². The van der Waals surface area contributed by atoms with Crippen LogP contribution in [0.5, 0.6) is 0 Å². The molecule has 0 atom stereocenters. The smallest absolute Gasteiger partial charge is 0.00700 e. The standard InChI is InChI=1S/C30H32P2.2ClH.Ni/c1-5-13-27(14-6-1)23-31(24-28-15-7-2-8-16-28)21-22-32(25-29-17-9-3-10-18-29)26-30-19-11-4-12-20-30;;;/h1-20H,21-26H2;2*1H;/q;;;+2/p-2. The minimum Gasteiger partial charge on any atom is -0.0974 e. The molecule has 0 radical (unpaired) electrons. The van der Waals surface area contributed by atoms with Gasteiger partial charge in [-0.1, -0.05) is 137 Å². The Kier molecular flexibility index (Phi) is 14.0. The largest absolute Gasteiger partial charge is 0.0974 e. The van der Waals surface area contributed by atoms with Crippen molar-refractivity contribution >= 4 is 36.2 Å². The normalized spacial score (nSPS) is 10.9. The van der Waals surface area contributed by atoms with Crippen molar-refractivity contribution in [2.24, 2.45) is 0 Å². The van der Waals surface area contributed by atoms with Crippen LogP contribution in [0.3, 0.4) is 0 Å². The average Bonchev–Trinajstić information content (AvgIpc) is 2.90. The summed E-state index contributed by atoms with van der Waals surface area (Å²) < 4.78 is 0. The third-order valence-corrected chi connectivity index (χ3v) is 11.0. The Morgan fingerprint density at radius 1 is 0.400 bits per heavy atom. The summed E-state index contributed by atoms with van der Waals surface area (Å²) in [5.74, 6) is 0. The summed E-state index contributed by atoms with van der Waals surface area (Å²) in [6.07, 6.45) is 7.61. The molecule has 0 unspecified atom stereocenters. The molecule has 4 rings (SSSR count). The first-order chi connectivity index (χ1) is 17.3. The van der Waals surface area contributed by atoms with E-state index in [9.17, 15) is 0 Å². The van der Waals surface area contributed by atoms with Gasteiger partial charge < -0.3 is 0 Å². The molecular weight excluding hydrogens is 552 g/mol. The molecule has 0 saturated heterocycles. The molecular formula is C30H32Cl2NiP2. The zero-order chi connectivity index (χ0) is 24.6. The van der Waals surface area contributed by atoms with Crippen molar-refractivity contribution in [3.8, 4) is 0 Å². The molecule has 4 aromatic carbocycles. The number of rotatable bonds is 11. The van der Waals surface area contributed by atoms with Crippen molar-refractivity contribution in [3.05, 3.63) is 144 Å². The van der Waals surface area contributed by atoms with Crippen molar-refractivity contribution < 1.29 is 12.7 Å². The fourth-order valence-corrected chi connectivity index (χ4v) is 10.1. The molecule has 0 N–H and O–H groups in total. The summed E-state index contributed by atoms with van der Waals surface area (Å²) >= 11 is 0.569. The Balaban J connectivity index is 0.00000108. The summed E-state index contributed by atoms with van der Waals surface area (Å²) in [5.41, 5.74) is 5.96. The molecule has 0 aromatic heterocycles. The van der Waals surface area contributed by atoms with E-state index in [1.165, 1.54) is 59.2 Å². The van der Waals surface area contributed by atoms with E-state index in [0.717, 1.165) is 0 Å². The maximum absolute atomic E-state index is 4.70. The van der Waals surface area contributed by atoms with Gasteiger partial charge in [-0.25, -0.2) is 0 Å². The van der Waals surface area contributed by atoms with Gasteiger partial charge in [0.1, 0.15) is 0 Å². The Morgan fingerprint density at radius 2 is 0.600 bits per heavy atom. The van der Waals surface area contributed by atoms with E-state index in [-0.39, 0.29) is 15.8 Å². The Morgan fingerprint density at radius 3 is 0.800 bits per heavy atom. The van der Waals surface area contributed by atoms with E-state index in [4.69, 9.17) is 20.4 Å². The Hall–Kier alpha value is -1.19. The summed E-state index contributed by atoms with van der Waals surface area (Å²) in [4.78, 5) is 0. The van der Waals surface area contributed by atoms with Gasteiger partial charge in [0.05, 0.1) is 0 Å². The fraction of sp³-hybridized carbons (Fsp3) is 0.200. The molecule has 0 heterocycles. The maximum Gasteiger partial charge on any atom is -0.00700 e. The van der Waals surface area contributed by atoms with Crippen molar-refractivity contribution in [2.75, 3.05) is 12.3 Å². The van der Waals surface area contributed by atoms with Crippen molar-refractivity contribution in [1.82, 2.24) is 0 Å². The Labute approximate surface area is 228 Å². The number of hydrogen-bond acceptors (Lipinski definition) is 0. The maximum atomic E-state index is 4.70. The van der Waals surface area contributed by atoms with Crippen LogP contribution in [0, 0.1) is 0 Å². The minimum absolute atomic E-state index is 0.0788. The first-order valence-corrected chi connectivity index (χ1v) is 18.2. The van der Waals surface area contributed by atoms with Gasteiger partial charge in [-0.2, -0.15) is 0 Å². The van der Waals surface area contributed by atoms with Crippen LogP contribution < -0.4 is 0 Å². The molecule has 0 amide bonds.